The smallest absolute Gasteiger partial charge is 0.185 e. The van der Waals surface area contributed by atoms with Crippen molar-refractivity contribution in [3.63, 3.8) is 0 Å². The summed E-state index contributed by atoms with van der Waals surface area (Å²) in [6.45, 7) is 9.69. The van der Waals surface area contributed by atoms with Gasteiger partial charge in [-0.2, -0.15) is 0 Å². The molecule has 2 fully saturated rings. The Morgan fingerprint density at radius 3 is 2.81 bits per heavy atom. The standard InChI is InChI=1S/C15H26N4OS/c1-2-16-11-13-3-4-14(20-13)12-18-6-8-19(9-7-18)15-17-5-10-21-15/h5,10,13-14,16H,2-4,6-9,11-12H2,1H3. The maximum Gasteiger partial charge on any atom is 0.185 e. The molecule has 2 unspecified atom stereocenters. The van der Waals surface area contributed by atoms with Gasteiger partial charge in [-0.05, 0) is 19.4 Å². The van der Waals surface area contributed by atoms with Crippen molar-refractivity contribution >= 4 is 16.5 Å². The molecule has 118 valence electrons. The molecule has 3 rings (SSSR count). The number of thiazole rings is 1. The molecule has 0 aliphatic carbocycles. The van der Waals surface area contributed by atoms with Gasteiger partial charge < -0.3 is 15.0 Å². The summed E-state index contributed by atoms with van der Waals surface area (Å²) in [5, 5.41) is 6.60. The average molecular weight is 310 g/mol. The van der Waals surface area contributed by atoms with E-state index in [2.05, 4.69) is 32.4 Å². The Hall–Kier alpha value is -0.690. The molecule has 1 N–H and O–H groups in total. The van der Waals surface area contributed by atoms with E-state index in [0.717, 1.165) is 50.9 Å². The van der Waals surface area contributed by atoms with Gasteiger partial charge in [0.1, 0.15) is 0 Å². The minimum absolute atomic E-state index is 0.423. The van der Waals surface area contributed by atoms with Crippen LogP contribution in [0.3, 0.4) is 0 Å². The van der Waals surface area contributed by atoms with E-state index in [0.29, 0.717) is 12.2 Å². The molecule has 0 amide bonds. The first-order chi connectivity index (χ1) is 10.3. The molecule has 2 atom stereocenters. The highest BCUT2D eigenvalue weighted by Gasteiger charge is 2.28. The zero-order valence-electron chi connectivity index (χ0n) is 12.8. The highest BCUT2D eigenvalue weighted by atomic mass is 32.1. The quantitative estimate of drug-likeness (QED) is 0.861. The summed E-state index contributed by atoms with van der Waals surface area (Å²) in [7, 11) is 0. The maximum absolute atomic E-state index is 6.14. The lowest BCUT2D eigenvalue weighted by atomic mass is 10.2. The van der Waals surface area contributed by atoms with E-state index in [9.17, 15) is 0 Å². The second-order valence-corrected chi connectivity index (χ2v) is 6.74. The van der Waals surface area contributed by atoms with E-state index in [1.807, 2.05) is 6.20 Å². The number of aromatic nitrogens is 1. The Balaban J connectivity index is 1.38. The summed E-state index contributed by atoms with van der Waals surface area (Å²) in [6.07, 6.45) is 5.16. The molecule has 2 aliphatic heterocycles. The van der Waals surface area contributed by atoms with Crippen LogP contribution in [0.5, 0.6) is 0 Å². The van der Waals surface area contributed by atoms with Gasteiger partial charge in [-0.25, -0.2) is 4.98 Å². The van der Waals surface area contributed by atoms with Crippen molar-refractivity contribution in [3.8, 4) is 0 Å². The van der Waals surface area contributed by atoms with Gasteiger partial charge in [-0.3, -0.25) is 4.90 Å². The van der Waals surface area contributed by atoms with Gasteiger partial charge in [0.05, 0.1) is 12.2 Å². The first-order valence-electron chi connectivity index (χ1n) is 8.08. The molecular formula is C15H26N4OS. The molecule has 6 heteroatoms. The van der Waals surface area contributed by atoms with Crippen LogP contribution in [0.4, 0.5) is 5.13 Å². The van der Waals surface area contributed by atoms with E-state index in [1.54, 1.807) is 11.3 Å². The van der Waals surface area contributed by atoms with Crippen molar-refractivity contribution in [3.05, 3.63) is 11.6 Å². The molecule has 1 aromatic rings. The van der Waals surface area contributed by atoms with Crippen LogP contribution in [0.2, 0.25) is 0 Å². The van der Waals surface area contributed by atoms with Gasteiger partial charge in [0, 0.05) is 50.8 Å². The third kappa shape index (κ3) is 4.16. The number of hydrogen-bond acceptors (Lipinski definition) is 6. The first kappa shape index (κ1) is 15.2. The summed E-state index contributed by atoms with van der Waals surface area (Å²) >= 11 is 1.74. The SMILES string of the molecule is CCNCC1CCC(CN2CCN(c3nccs3)CC2)O1. The van der Waals surface area contributed by atoms with Crippen LogP contribution in [0, 0.1) is 0 Å². The van der Waals surface area contributed by atoms with E-state index in [-0.39, 0.29) is 0 Å². The molecule has 0 spiro atoms. The van der Waals surface area contributed by atoms with Crippen LogP contribution in [-0.4, -0.2) is 67.9 Å². The lowest BCUT2D eigenvalue weighted by molar-refractivity contribution is 0.0226. The minimum Gasteiger partial charge on any atom is -0.372 e. The summed E-state index contributed by atoms with van der Waals surface area (Å²) in [5.74, 6) is 0. The molecule has 0 radical (unpaired) electrons. The monoisotopic (exact) mass is 310 g/mol. The Morgan fingerprint density at radius 2 is 2.10 bits per heavy atom. The van der Waals surface area contributed by atoms with Crippen molar-refractivity contribution in [2.45, 2.75) is 32.0 Å². The topological polar surface area (TPSA) is 40.6 Å². The third-order valence-electron chi connectivity index (χ3n) is 4.34. The summed E-state index contributed by atoms with van der Waals surface area (Å²) in [4.78, 5) is 9.34. The maximum atomic E-state index is 6.14. The number of likely N-dealkylation sites (N-methyl/N-ethyl adjacent to an activating group) is 1. The summed E-state index contributed by atoms with van der Waals surface area (Å²) < 4.78 is 6.14. The Kier molecular flexibility index (Phi) is 5.46. The van der Waals surface area contributed by atoms with Crippen LogP contribution >= 0.6 is 11.3 Å². The normalized spacial score (nSPS) is 27.4. The van der Waals surface area contributed by atoms with E-state index < -0.39 is 0 Å². The second-order valence-electron chi connectivity index (χ2n) is 5.87. The Morgan fingerprint density at radius 1 is 1.29 bits per heavy atom. The summed E-state index contributed by atoms with van der Waals surface area (Å²) in [5.41, 5.74) is 0. The van der Waals surface area contributed by atoms with Gasteiger partial charge in [0.2, 0.25) is 0 Å². The number of nitrogens with zero attached hydrogens (tertiary/aromatic N) is 3. The zero-order chi connectivity index (χ0) is 14.5. The fourth-order valence-corrected chi connectivity index (χ4v) is 3.85. The lowest BCUT2D eigenvalue weighted by Gasteiger charge is -2.35. The highest BCUT2D eigenvalue weighted by Crippen LogP contribution is 2.22. The zero-order valence-corrected chi connectivity index (χ0v) is 13.6. The van der Waals surface area contributed by atoms with Crippen molar-refractivity contribution < 1.29 is 4.74 Å². The fourth-order valence-electron chi connectivity index (χ4n) is 3.15. The predicted octanol–water partition coefficient (Wildman–Crippen LogP) is 1.42. The minimum atomic E-state index is 0.423. The van der Waals surface area contributed by atoms with E-state index in [4.69, 9.17) is 4.74 Å². The number of nitrogens with one attached hydrogen (secondary N) is 1. The number of rotatable bonds is 6. The number of ether oxygens (including phenoxy) is 1. The van der Waals surface area contributed by atoms with Gasteiger partial charge in [0.25, 0.3) is 0 Å². The van der Waals surface area contributed by atoms with Crippen LogP contribution in [0.25, 0.3) is 0 Å². The largest absolute Gasteiger partial charge is 0.372 e. The average Bonchev–Trinajstić information content (AvgIpc) is 3.17. The van der Waals surface area contributed by atoms with Gasteiger partial charge in [0.15, 0.2) is 5.13 Å². The van der Waals surface area contributed by atoms with E-state index >= 15 is 0 Å². The van der Waals surface area contributed by atoms with Gasteiger partial charge >= 0.3 is 0 Å². The lowest BCUT2D eigenvalue weighted by Crippen LogP contribution is -2.48. The molecule has 21 heavy (non-hydrogen) atoms. The molecule has 2 aliphatic rings. The molecule has 5 nitrogen and oxygen atoms in total. The predicted molar refractivity (Wildman–Crippen MR) is 87.2 cm³/mol. The molecule has 0 saturated carbocycles. The van der Waals surface area contributed by atoms with Gasteiger partial charge in [-0.15, -0.1) is 11.3 Å². The van der Waals surface area contributed by atoms with Crippen LogP contribution in [0.1, 0.15) is 19.8 Å². The number of piperazine rings is 1. The van der Waals surface area contributed by atoms with Crippen LogP contribution in [-0.2, 0) is 4.74 Å². The van der Waals surface area contributed by atoms with Gasteiger partial charge in [-0.1, -0.05) is 6.92 Å². The second kappa shape index (κ2) is 7.54. The van der Waals surface area contributed by atoms with Crippen LogP contribution < -0.4 is 10.2 Å². The van der Waals surface area contributed by atoms with Crippen molar-refractivity contribution in [1.29, 1.82) is 0 Å². The Labute approximate surface area is 131 Å². The van der Waals surface area contributed by atoms with Crippen molar-refractivity contribution in [2.75, 3.05) is 50.7 Å². The van der Waals surface area contributed by atoms with Crippen LogP contribution in [0.15, 0.2) is 11.6 Å². The fraction of sp³-hybridized carbons (Fsp3) is 0.800. The number of anilines is 1. The number of hydrogen-bond donors (Lipinski definition) is 1. The first-order valence-corrected chi connectivity index (χ1v) is 8.96. The van der Waals surface area contributed by atoms with Crippen molar-refractivity contribution in [1.82, 2.24) is 15.2 Å². The Bertz CT molecular complexity index is 406. The van der Waals surface area contributed by atoms with E-state index in [1.165, 1.54) is 12.8 Å². The molecular weight excluding hydrogens is 284 g/mol. The molecule has 3 heterocycles. The molecule has 2 saturated heterocycles. The highest BCUT2D eigenvalue weighted by molar-refractivity contribution is 7.13. The molecule has 0 bridgehead atoms. The molecule has 0 aromatic carbocycles. The third-order valence-corrected chi connectivity index (χ3v) is 5.17. The van der Waals surface area contributed by atoms with Crippen molar-refractivity contribution in [2.24, 2.45) is 0 Å². The molecule has 1 aromatic heterocycles. The summed E-state index contributed by atoms with van der Waals surface area (Å²) in [6, 6.07) is 0.